The quantitative estimate of drug-likeness (QED) is 0.840. The first-order chi connectivity index (χ1) is 8.69. The number of aliphatic hydroxyl groups is 1. The van der Waals surface area contributed by atoms with Crippen LogP contribution in [0.15, 0.2) is 24.3 Å². The zero-order chi connectivity index (χ0) is 13.0. The minimum absolute atomic E-state index is 0.440. The summed E-state index contributed by atoms with van der Waals surface area (Å²) in [5, 5.41) is 10.2. The van der Waals surface area contributed by atoms with Crippen LogP contribution in [0.5, 0.6) is 5.75 Å². The van der Waals surface area contributed by atoms with Gasteiger partial charge in [0.25, 0.3) is 0 Å². The molecule has 1 N–H and O–H groups in total. The second kappa shape index (κ2) is 6.21. The van der Waals surface area contributed by atoms with E-state index < -0.39 is 6.10 Å². The van der Waals surface area contributed by atoms with Crippen LogP contribution in [0.25, 0.3) is 0 Å². The van der Waals surface area contributed by atoms with E-state index in [9.17, 15) is 5.11 Å². The average Bonchev–Trinajstić information content (AvgIpc) is 2.34. The predicted molar refractivity (Wildman–Crippen MR) is 72.8 cm³/mol. The first-order valence-electron chi connectivity index (χ1n) is 6.69. The van der Waals surface area contributed by atoms with E-state index in [1.54, 1.807) is 7.11 Å². The van der Waals surface area contributed by atoms with Gasteiger partial charge in [-0.25, -0.2) is 0 Å². The highest BCUT2D eigenvalue weighted by Gasteiger charge is 2.20. The van der Waals surface area contributed by atoms with Crippen LogP contribution in [0.1, 0.15) is 30.9 Å². The van der Waals surface area contributed by atoms with Crippen molar-refractivity contribution >= 4 is 0 Å². The summed E-state index contributed by atoms with van der Waals surface area (Å²) in [4.78, 5) is 2.23. The summed E-state index contributed by atoms with van der Waals surface area (Å²) in [5.41, 5.74) is 0.926. The Morgan fingerprint density at radius 2 is 2.22 bits per heavy atom. The van der Waals surface area contributed by atoms with Gasteiger partial charge in [0.2, 0.25) is 0 Å². The second-order valence-electron chi connectivity index (χ2n) is 5.31. The molecule has 1 fully saturated rings. The second-order valence-corrected chi connectivity index (χ2v) is 5.31. The molecule has 0 saturated heterocycles. The van der Waals surface area contributed by atoms with Crippen molar-refractivity contribution in [3.05, 3.63) is 29.8 Å². The predicted octanol–water partition coefficient (Wildman–Crippen LogP) is 2.46. The summed E-state index contributed by atoms with van der Waals surface area (Å²) in [6.45, 7) is 1.78. The number of benzene rings is 1. The molecule has 0 amide bonds. The molecule has 1 aromatic rings. The Bertz CT molecular complexity index is 377. The van der Waals surface area contributed by atoms with Gasteiger partial charge in [0.05, 0.1) is 13.2 Å². The van der Waals surface area contributed by atoms with Crippen molar-refractivity contribution in [1.82, 2.24) is 4.90 Å². The first kappa shape index (κ1) is 13.4. The highest BCUT2D eigenvalue weighted by atomic mass is 16.5. The maximum absolute atomic E-state index is 10.2. The van der Waals surface area contributed by atoms with Gasteiger partial charge < -0.3 is 14.7 Å². The fraction of sp³-hybridized carbons (Fsp3) is 0.600. The van der Waals surface area contributed by atoms with E-state index in [0.717, 1.165) is 23.8 Å². The van der Waals surface area contributed by atoms with Crippen molar-refractivity contribution in [2.75, 3.05) is 27.2 Å². The third-order valence-electron chi connectivity index (χ3n) is 3.76. The van der Waals surface area contributed by atoms with E-state index in [4.69, 9.17) is 4.74 Å². The number of likely N-dealkylation sites (N-methyl/N-ethyl adjacent to an activating group) is 1. The third kappa shape index (κ3) is 3.47. The summed E-state index contributed by atoms with van der Waals surface area (Å²) in [6.07, 6.45) is 3.63. The molecule has 1 atom stereocenters. The molecule has 0 heterocycles. The minimum Gasteiger partial charge on any atom is -0.497 e. The summed E-state index contributed by atoms with van der Waals surface area (Å²) >= 11 is 0. The van der Waals surface area contributed by atoms with Crippen LogP contribution in [0.3, 0.4) is 0 Å². The van der Waals surface area contributed by atoms with E-state index in [-0.39, 0.29) is 0 Å². The molecule has 3 heteroatoms. The molecular weight excluding hydrogens is 226 g/mol. The largest absolute Gasteiger partial charge is 0.497 e. The highest BCUT2D eigenvalue weighted by Crippen LogP contribution is 2.27. The van der Waals surface area contributed by atoms with Gasteiger partial charge in [0.1, 0.15) is 5.75 Å². The van der Waals surface area contributed by atoms with Gasteiger partial charge in [0.15, 0.2) is 0 Å². The molecule has 2 rings (SSSR count). The standard InChI is InChI=1S/C15H23NO2/c1-16(10-12-5-3-6-12)11-15(17)13-7-4-8-14(9-13)18-2/h4,7-9,12,15,17H,3,5-6,10-11H2,1-2H3. The summed E-state index contributed by atoms with van der Waals surface area (Å²) in [6, 6.07) is 7.67. The lowest BCUT2D eigenvalue weighted by atomic mass is 9.85. The Morgan fingerprint density at radius 3 is 2.83 bits per heavy atom. The molecule has 1 aromatic carbocycles. The first-order valence-corrected chi connectivity index (χ1v) is 6.69. The van der Waals surface area contributed by atoms with Crippen LogP contribution in [0, 0.1) is 5.92 Å². The third-order valence-corrected chi connectivity index (χ3v) is 3.76. The molecule has 1 unspecified atom stereocenters. The summed E-state index contributed by atoms with van der Waals surface area (Å²) in [7, 11) is 3.73. The average molecular weight is 249 g/mol. The topological polar surface area (TPSA) is 32.7 Å². The van der Waals surface area contributed by atoms with Crippen molar-refractivity contribution in [3.8, 4) is 5.75 Å². The molecule has 0 aliphatic heterocycles. The molecule has 3 nitrogen and oxygen atoms in total. The Hall–Kier alpha value is -1.06. The lowest BCUT2D eigenvalue weighted by Crippen LogP contribution is -2.32. The van der Waals surface area contributed by atoms with Gasteiger partial charge >= 0.3 is 0 Å². The van der Waals surface area contributed by atoms with E-state index in [2.05, 4.69) is 11.9 Å². The van der Waals surface area contributed by atoms with E-state index in [1.165, 1.54) is 19.3 Å². The molecule has 1 aliphatic rings. The molecule has 0 spiro atoms. The van der Waals surface area contributed by atoms with Gasteiger partial charge in [-0.15, -0.1) is 0 Å². The SMILES string of the molecule is COc1cccc(C(O)CN(C)CC2CCC2)c1. The van der Waals surface area contributed by atoms with Crippen molar-refractivity contribution in [2.45, 2.75) is 25.4 Å². The number of hydrogen-bond donors (Lipinski definition) is 1. The molecule has 0 bridgehead atoms. The van der Waals surface area contributed by atoms with Gasteiger partial charge in [-0.05, 0) is 43.5 Å². The Kier molecular flexibility index (Phi) is 4.61. The van der Waals surface area contributed by atoms with Crippen molar-refractivity contribution in [1.29, 1.82) is 0 Å². The van der Waals surface area contributed by atoms with Crippen LogP contribution in [-0.2, 0) is 0 Å². The van der Waals surface area contributed by atoms with Crippen molar-refractivity contribution in [3.63, 3.8) is 0 Å². The number of methoxy groups -OCH3 is 1. The van der Waals surface area contributed by atoms with E-state index in [0.29, 0.717) is 6.54 Å². The molecular formula is C15H23NO2. The lowest BCUT2D eigenvalue weighted by molar-refractivity contribution is 0.106. The Balaban J connectivity index is 1.87. The zero-order valence-corrected chi connectivity index (χ0v) is 11.3. The number of ether oxygens (including phenoxy) is 1. The van der Waals surface area contributed by atoms with Gasteiger partial charge in [-0.3, -0.25) is 0 Å². The molecule has 0 radical (unpaired) electrons. The van der Waals surface area contributed by atoms with Crippen molar-refractivity contribution in [2.24, 2.45) is 5.92 Å². The normalized spacial score (nSPS) is 17.6. The number of nitrogens with zero attached hydrogens (tertiary/aromatic N) is 1. The Morgan fingerprint density at radius 1 is 1.44 bits per heavy atom. The maximum atomic E-state index is 10.2. The molecule has 1 aliphatic carbocycles. The van der Waals surface area contributed by atoms with Gasteiger partial charge in [-0.1, -0.05) is 18.6 Å². The van der Waals surface area contributed by atoms with Crippen LogP contribution in [0.4, 0.5) is 0 Å². The maximum Gasteiger partial charge on any atom is 0.119 e. The number of hydrogen-bond acceptors (Lipinski definition) is 3. The van der Waals surface area contributed by atoms with Gasteiger partial charge in [-0.2, -0.15) is 0 Å². The fourth-order valence-corrected chi connectivity index (χ4v) is 2.44. The van der Waals surface area contributed by atoms with Crippen molar-refractivity contribution < 1.29 is 9.84 Å². The van der Waals surface area contributed by atoms with E-state index in [1.807, 2.05) is 24.3 Å². The summed E-state index contributed by atoms with van der Waals surface area (Å²) in [5.74, 6) is 1.64. The lowest BCUT2D eigenvalue weighted by Gasteiger charge is -2.31. The number of aliphatic hydroxyl groups excluding tert-OH is 1. The van der Waals surface area contributed by atoms with Gasteiger partial charge in [0, 0.05) is 13.1 Å². The Labute approximate surface area is 109 Å². The number of rotatable bonds is 6. The minimum atomic E-state index is -0.440. The van der Waals surface area contributed by atoms with Crippen LogP contribution < -0.4 is 4.74 Å². The van der Waals surface area contributed by atoms with Crippen LogP contribution in [-0.4, -0.2) is 37.3 Å². The smallest absolute Gasteiger partial charge is 0.119 e. The molecule has 1 saturated carbocycles. The monoisotopic (exact) mass is 249 g/mol. The van der Waals surface area contributed by atoms with E-state index >= 15 is 0 Å². The summed E-state index contributed by atoms with van der Waals surface area (Å²) < 4.78 is 5.18. The highest BCUT2D eigenvalue weighted by molar-refractivity contribution is 5.29. The van der Waals surface area contributed by atoms with Crippen LogP contribution in [0.2, 0.25) is 0 Å². The fourth-order valence-electron chi connectivity index (χ4n) is 2.44. The molecule has 18 heavy (non-hydrogen) atoms. The zero-order valence-electron chi connectivity index (χ0n) is 11.3. The molecule has 0 aromatic heterocycles. The van der Waals surface area contributed by atoms with Crippen LogP contribution >= 0.6 is 0 Å². The molecule has 100 valence electrons.